The van der Waals surface area contributed by atoms with Crippen LogP contribution in [0.3, 0.4) is 0 Å². The van der Waals surface area contributed by atoms with E-state index in [9.17, 15) is 35.1 Å². The minimum atomic E-state index is -1.63. The SMILES string of the molecule is CC/C=C\C/C=C\C/C=C\C/C=C\C/C=C\C/C=C\CC(O)C(=O)NC(COC1OC(CO)C(O)C(O)C1OC(=O)CCCCCCCCCCCCCCC)C(O)/C=C/CCCCCCCCCCCCC. The van der Waals surface area contributed by atoms with Crippen LogP contribution in [0.1, 0.15) is 233 Å². The number of amides is 1. The summed E-state index contributed by atoms with van der Waals surface area (Å²) in [5, 5.41) is 56.7. The summed E-state index contributed by atoms with van der Waals surface area (Å²) in [7, 11) is 0. The first kappa shape index (κ1) is 67.9. The first-order valence-corrected chi connectivity index (χ1v) is 29.4. The summed E-state index contributed by atoms with van der Waals surface area (Å²) in [6, 6.07) is -1.07. The van der Waals surface area contributed by atoms with E-state index < -0.39 is 67.4 Å². The summed E-state index contributed by atoms with van der Waals surface area (Å²) >= 11 is 0. The number of allylic oxidation sites excluding steroid dienone is 12. The molecule has 420 valence electrons. The van der Waals surface area contributed by atoms with E-state index >= 15 is 0 Å². The Morgan fingerprint density at radius 3 is 1.42 bits per heavy atom. The summed E-state index contributed by atoms with van der Waals surface area (Å²) < 4.78 is 17.5. The van der Waals surface area contributed by atoms with E-state index in [1.54, 1.807) is 12.2 Å². The van der Waals surface area contributed by atoms with Crippen molar-refractivity contribution in [2.24, 2.45) is 0 Å². The molecule has 1 heterocycles. The molecule has 11 nitrogen and oxygen atoms in total. The average molecular weight is 1030 g/mol. The molecule has 6 N–H and O–H groups in total. The molecule has 1 saturated heterocycles. The minimum Gasteiger partial charge on any atom is -0.454 e. The molecule has 1 aliphatic heterocycles. The molecule has 0 bridgehead atoms. The summed E-state index contributed by atoms with van der Waals surface area (Å²) in [6.07, 6.45) is 53.5. The maximum absolute atomic E-state index is 13.4. The van der Waals surface area contributed by atoms with Crippen LogP contribution in [0.15, 0.2) is 85.1 Å². The van der Waals surface area contributed by atoms with Gasteiger partial charge in [0.25, 0.3) is 0 Å². The van der Waals surface area contributed by atoms with Crippen LogP contribution >= 0.6 is 0 Å². The van der Waals surface area contributed by atoms with E-state index in [-0.39, 0.29) is 19.4 Å². The summed E-state index contributed by atoms with van der Waals surface area (Å²) in [4.78, 5) is 26.4. The molecule has 0 aliphatic carbocycles. The Labute approximate surface area is 444 Å². The highest BCUT2D eigenvalue weighted by Gasteiger charge is 2.47. The van der Waals surface area contributed by atoms with Gasteiger partial charge in [0.15, 0.2) is 12.4 Å². The third-order valence-electron chi connectivity index (χ3n) is 13.3. The molecular formula is C62H107NO10. The standard InChI is InChI=1S/C62H107NO10/c1-4-7-10-13-16-19-22-25-26-27-28-29-32-34-37-40-43-46-49-55(66)61(70)63-53(54(65)48-45-42-39-36-33-30-23-20-17-14-11-8-5-2)52-71-62-60(59(69)58(68)56(51-64)72-62)73-57(67)50-47-44-41-38-35-31-24-21-18-15-12-9-6-3/h7,10,16,19,25-26,28-29,34,37,43,45-46,48,53-56,58-60,62,64-66,68-69H,4-6,8-9,11-15,17-18,20-24,27,30-33,35-36,38-42,44,47,49-52H2,1-3H3,(H,63,70)/b10-7-,19-16-,26-25-,29-28-,37-34-,46-43-,48-45+. The van der Waals surface area contributed by atoms with Crippen molar-refractivity contribution in [1.29, 1.82) is 0 Å². The van der Waals surface area contributed by atoms with Gasteiger partial charge in [-0.05, 0) is 57.8 Å². The smallest absolute Gasteiger partial charge is 0.306 e. The molecule has 0 spiro atoms. The molecule has 1 aliphatic rings. The number of ether oxygens (including phenoxy) is 3. The van der Waals surface area contributed by atoms with Crippen molar-refractivity contribution in [2.45, 2.75) is 282 Å². The van der Waals surface area contributed by atoms with E-state index in [1.807, 2.05) is 18.2 Å². The fourth-order valence-corrected chi connectivity index (χ4v) is 8.67. The second kappa shape index (κ2) is 49.7. The van der Waals surface area contributed by atoms with Gasteiger partial charge < -0.3 is 45.1 Å². The van der Waals surface area contributed by atoms with Gasteiger partial charge in [0, 0.05) is 12.8 Å². The number of nitrogens with one attached hydrogen (secondary N) is 1. The lowest BCUT2D eigenvalue weighted by atomic mass is 9.99. The Balaban J connectivity index is 2.79. The van der Waals surface area contributed by atoms with Crippen molar-refractivity contribution in [2.75, 3.05) is 13.2 Å². The Morgan fingerprint density at radius 1 is 0.548 bits per heavy atom. The monoisotopic (exact) mass is 1030 g/mol. The highest BCUT2D eigenvalue weighted by Crippen LogP contribution is 2.26. The maximum atomic E-state index is 13.4. The molecule has 1 amide bonds. The number of carbonyl (C=O) groups is 2. The van der Waals surface area contributed by atoms with Gasteiger partial charge >= 0.3 is 5.97 Å². The lowest BCUT2D eigenvalue weighted by molar-refractivity contribution is -0.305. The van der Waals surface area contributed by atoms with Crippen molar-refractivity contribution in [3.05, 3.63) is 85.1 Å². The third-order valence-corrected chi connectivity index (χ3v) is 13.3. The molecule has 0 saturated carbocycles. The van der Waals surface area contributed by atoms with Crippen LogP contribution in [0.4, 0.5) is 0 Å². The molecule has 8 unspecified atom stereocenters. The molecule has 0 radical (unpaired) electrons. The zero-order valence-electron chi connectivity index (χ0n) is 46.2. The van der Waals surface area contributed by atoms with Crippen LogP contribution in [0.5, 0.6) is 0 Å². The Kier molecular flexibility index (Phi) is 46.2. The maximum Gasteiger partial charge on any atom is 0.306 e. The number of carbonyl (C=O) groups excluding carboxylic acids is 2. The number of rotatable bonds is 48. The predicted molar refractivity (Wildman–Crippen MR) is 301 cm³/mol. The fourth-order valence-electron chi connectivity index (χ4n) is 8.67. The number of unbranched alkanes of at least 4 members (excludes halogenated alkanes) is 23. The van der Waals surface area contributed by atoms with Crippen LogP contribution in [-0.2, 0) is 23.8 Å². The molecular weight excluding hydrogens is 919 g/mol. The van der Waals surface area contributed by atoms with Crippen molar-refractivity contribution < 1.29 is 49.3 Å². The summed E-state index contributed by atoms with van der Waals surface area (Å²) in [5.41, 5.74) is 0. The van der Waals surface area contributed by atoms with E-state index in [0.717, 1.165) is 77.0 Å². The van der Waals surface area contributed by atoms with Gasteiger partial charge in [-0.15, -0.1) is 0 Å². The van der Waals surface area contributed by atoms with Gasteiger partial charge in [-0.1, -0.05) is 247 Å². The quantitative estimate of drug-likeness (QED) is 0.0195. The van der Waals surface area contributed by atoms with Gasteiger partial charge in [-0.25, -0.2) is 0 Å². The summed E-state index contributed by atoms with van der Waals surface area (Å²) in [5.74, 6) is -1.29. The van der Waals surface area contributed by atoms with Crippen LogP contribution in [0.2, 0.25) is 0 Å². The van der Waals surface area contributed by atoms with Gasteiger partial charge in [0.1, 0.15) is 24.4 Å². The number of esters is 1. The van der Waals surface area contributed by atoms with Crippen LogP contribution in [-0.4, -0.2) is 99.6 Å². The van der Waals surface area contributed by atoms with Crippen LogP contribution in [0.25, 0.3) is 0 Å². The average Bonchev–Trinajstić information content (AvgIpc) is 3.39. The largest absolute Gasteiger partial charge is 0.454 e. The van der Waals surface area contributed by atoms with Crippen LogP contribution < -0.4 is 5.32 Å². The second-order valence-corrected chi connectivity index (χ2v) is 20.0. The molecule has 1 rings (SSSR count). The normalized spacial score (nSPS) is 20.0. The lowest BCUT2D eigenvalue weighted by Crippen LogP contribution is -2.61. The minimum absolute atomic E-state index is 0.0557. The topological polar surface area (TPSA) is 175 Å². The number of hydrogen-bond acceptors (Lipinski definition) is 10. The first-order chi connectivity index (χ1) is 35.7. The molecule has 8 atom stereocenters. The first-order valence-electron chi connectivity index (χ1n) is 29.4. The van der Waals surface area contributed by atoms with Gasteiger partial charge in [0.2, 0.25) is 5.91 Å². The molecule has 0 aromatic rings. The Hall–Kier alpha value is -3.16. The number of aliphatic hydroxyl groups excluding tert-OH is 5. The van der Waals surface area contributed by atoms with Crippen molar-refractivity contribution in [3.63, 3.8) is 0 Å². The molecule has 73 heavy (non-hydrogen) atoms. The third kappa shape index (κ3) is 38.1. The van der Waals surface area contributed by atoms with E-state index in [2.05, 4.69) is 80.8 Å². The zero-order chi connectivity index (χ0) is 53.3. The molecule has 1 fully saturated rings. The Morgan fingerprint density at radius 2 is 0.973 bits per heavy atom. The van der Waals surface area contributed by atoms with Crippen molar-refractivity contribution >= 4 is 11.9 Å². The van der Waals surface area contributed by atoms with E-state index in [1.165, 1.54) is 109 Å². The predicted octanol–water partition coefficient (Wildman–Crippen LogP) is 13.4. The van der Waals surface area contributed by atoms with E-state index in [0.29, 0.717) is 12.8 Å². The highest BCUT2D eigenvalue weighted by atomic mass is 16.7. The van der Waals surface area contributed by atoms with Gasteiger partial charge in [-0.2, -0.15) is 0 Å². The van der Waals surface area contributed by atoms with E-state index in [4.69, 9.17) is 14.2 Å². The fraction of sp³-hybridized carbons (Fsp3) is 0.742. The summed E-state index contributed by atoms with van der Waals surface area (Å²) in [6.45, 7) is 5.61. The molecule has 11 heteroatoms. The second-order valence-electron chi connectivity index (χ2n) is 20.0. The molecule has 0 aromatic heterocycles. The Bertz CT molecular complexity index is 1510. The molecule has 0 aromatic carbocycles. The highest BCUT2D eigenvalue weighted by molar-refractivity contribution is 5.81. The van der Waals surface area contributed by atoms with Crippen molar-refractivity contribution in [1.82, 2.24) is 5.32 Å². The van der Waals surface area contributed by atoms with Crippen molar-refractivity contribution in [3.8, 4) is 0 Å². The number of aliphatic hydroxyl groups is 5. The lowest BCUT2D eigenvalue weighted by Gasteiger charge is -2.41. The number of hydrogen-bond donors (Lipinski definition) is 6. The van der Waals surface area contributed by atoms with Crippen LogP contribution in [0, 0.1) is 0 Å². The zero-order valence-corrected chi connectivity index (χ0v) is 46.2. The van der Waals surface area contributed by atoms with Gasteiger partial charge in [-0.3, -0.25) is 9.59 Å². The van der Waals surface area contributed by atoms with Gasteiger partial charge in [0.05, 0.1) is 25.4 Å².